The second kappa shape index (κ2) is 10.3. The minimum Gasteiger partial charge on any atom is -0.497 e. The first-order valence-corrected chi connectivity index (χ1v) is 10.9. The summed E-state index contributed by atoms with van der Waals surface area (Å²) in [6.07, 6.45) is 5.41. The standard InChI is InChI=1S/C25H28N2O6/c1-30-17-8-9-18(22(14-17)31-2)20-6-4-3-5-19(26-24(28)11-12-25(29)27-20)16-7-10-21-23(13-16)33-15-32-21/h3-4,7-10,13-14,19-20H,5-6,11-12,15H2,1-2H3,(H,26,28)(H,27,29)/b4-3-/t19-,20-/m1/s1. The molecule has 8 heteroatoms. The van der Waals surface area contributed by atoms with Crippen LogP contribution in [0.4, 0.5) is 0 Å². The van der Waals surface area contributed by atoms with Gasteiger partial charge >= 0.3 is 0 Å². The van der Waals surface area contributed by atoms with Crippen LogP contribution in [0.15, 0.2) is 48.6 Å². The predicted octanol–water partition coefficient (Wildman–Crippen LogP) is 3.58. The van der Waals surface area contributed by atoms with Gasteiger partial charge in [0.25, 0.3) is 0 Å². The lowest BCUT2D eigenvalue weighted by atomic mass is 9.99. The van der Waals surface area contributed by atoms with Crippen LogP contribution in [0.25, 0.3) is 0 Å². The highest BCUT2D eigenvalue weighted by Gasteiger charge is 2.22. The zero-order valence-electron chi connectivity index (χ0n) is 18.8. The SMILES string of the molecule is COc1ccc([C@H]2C/C=C\C[C@H](c3ccc4c(c3)OCO4)NC(=O)CCC(=O)N2)c(OC)c1. The molecule has 2 aliphatic rings. The van der Waals surface area contributed by atoms with Gasteiger partial charge in [0.1, 0.15) is 11.5 Å². The first-order chi connectivity index (χ1) is 16.1. The largest absolute Gasteiger partial charge is 0.497 e. The summed E-state index contributed by atoms with van der Waals surface area (Å²) in [4.78, 5) is 25.2. The number of carbonyl (C=O) groups is 2. The third kappa shape index (κ3) is 5.39. The van der Waals surface area contributed by atoms with E-state index in [0.29, 0.717) is 35.8 Å². The predicted molar refractivity (Wildman–Crippen MR) is 121 cm³/mol. The summed E-state index contributed by atoms with van der Waals surface area (Å²) in [5, 5.41) is 6.07. The van der Waals surface area contributed by atoms with Gasteiger partial charge in [-0.05, 0) is 42.7 Å². The van der Waals surface area contributed by atoms with E-state index in [4.69, 9.17) is 18.9 Å². The molecule has 0 aliphatic carbocycles. The highest BCUT2D eigenvalue weighted by atomic mass is 16.7. The first kappa shape index (κ1) is 22.5. The Hall–Kier alpha value is -3.68. The van der Waals surface area contributed by atoms with Crippen molar-refractivity contribution in [2.45, 2.75) is 37.8 Å². The fourth-order valence-corrected chi connectivity index (χ4v) is 4.00. The Morgan fingerprint density at radius 1 is 0.818 bits per heavy atom. The Kier molecular flexibility index (Phi) is 7.02. The maximum absolute atomic E-state index is 12.6. The average Bonchev–Trinajstić information content (AvgIpc) is 3.30. The molecule has 33 heavy (non-hydrogen) atoms. The molecular weight excluding hydrogens is 424 g/mol. The molecule has 0 saturated carbocycles. The zero-order valence-corrected chi connectivity index (χ0v) is 18.8. The zero-order chi connectivity index (χ0) is 23.2. The lowest BCUT2D eigenvalue weighted by molar-refractivity contribution is -0.127. The van der Waals surface area contributed by atoms with Crippen LogP contribution >= 0.6 is 0 Å². The molecule has 0 aromatic heterocycles. The minimum atomic E-state index is -0.291. The number of hydrogen-bond acceptors (Lipinski definition) is 6. The number of rotatable bonds is 4. The van der Waals surface area contributed by atoms with Crippen LogP contribution in [-0.2, 0) is 9.59 Å². The Morgan fingerprint density at radius 3 is 2.24 bits per heavy atom. The molecule has 8 nitrogen and oxygen atoms in total. The average molecular weight is 453 g/mol. The van der Waals surface area contributed by atoms with Crippen LogP contribution < -0.4 is 29.6 Å². The minimum absolute atomic E-state index is 0.0956. The fraction of sp³-hybridized carbons (Fsp3) is 0.360. The summed E-state index contributed by atoms with van der Waals surface area (Å²) in [5.41, 5.74) is 1.78. The van der Waals surface area contributed by atoms with Crippen LogP contribution in [0.5, 0.6) is 23.0 Å². The monoisotopic (exact) mass is 452 g/mol. The molecule has 2 aliphatic heterocycles. The molecule has 0 spiro atoms. The van der Waals surface area contributed by atoms with Crippen LogP contribution in [0.3, 0.4) is 0 Å². The van der Waals surface area contributed by atoms with E-state index in [2.05, 4.69) is 10.6 Å². The van der Waals surface area contributed by atoms with Crippen molar-refractivity contribution >= 4 is 11.8 Å². The van der Waals surface area contributed by atoms with E-state index in [1.807, 2.05) is 42.5 Å². The smallest absolute Gasteiger partial charge is 0.231 e. The van der Waals surface area contributed by atoms with Crippen molar-refractivity contribution in [3.8, 4) is 23.0 Å². The number of nitrogens with one attached hydrogen (secondary N) is 2. The summed E-state index contributed by atoms with van der Waals surface area (Å²) in [6.45, 7) is 0.195. The van der Waals surface area contributed by atoms with E-state index in [1.165, 1.54) is 0 Å². The molecule has 2 amide bonds. The molecule has 0 fully saturated rings. The van der Waals surface area contributed by atoms with Crippen molar-refractivity contribution in [3.63, 3.8) is 0 Å². The van der Waals surface area contributed by atoms with Crippen LogP contribution in [-0.4, -0.2) is 32.8 Å². The highest BCUT2D eigenvalue weighted by molar-refractivity contribution is 5.84. The maximum atomic E-state index is 12.6. The molecule has 2 atom stereocenters. The Labute approximate surface area is 192 Å². The summed E-state index contributed by atoms with van der Waals surface area (Å²) in [5.74, 6) is 2.30. The van der Waals surface area contributed by atoms with Crippen LogP contribution in [0, 0.1) is 0 Å². The topological polar surface area (TPSA) is 95.1 Å². The van der Waals surface area contributed by atoms with Gasteiger partial charge in [-0.3, -0.25) is 9.59 Å². The summed E-state index contributed by atoms with van der Waals surface area (Å²) in [7, 11) is 3.18. The van der Waals surface area contributed by atoms with E-state index < -0.39 is 0 Å². The molecule has 2 heterocycles. The number of ether oxygens (including phenoxy) is 4. The van der Waals surface area contributed by atoms with Crippen molar-refractivity contribution in [1.29, 1.82) is 0 Å². The number of carbonyl (C=O) groups excluding carboxylic acids is 2. The molecule has 0 radical (unpaired) electrons. The normalized spacial score (nSPS) is 21.8. The Bertz CT molecular complexity index is 1050. The van der Waals surface area contributed by atoms with Gasteiger partial charge in [-0.2, -0.15) is 0 Å². The van der Waals surface area contributed by atoms with Gasteiger partial charge in [-0.25, -0.2) is 0 Å². The molecule has 0 bridgehead atoms. The van der Waals surface area contributed by atoms with Crippen LogP contribution in [0.1, 0.15) is 48.9 Å². The third-order valence-corrected chi connectivity index (χ3v) is 5.77. The van der Waals surface area contributed by atoms with Crippen molar-refractivity contribution in [2.75, 3.05) is 21.0 Å². The molecule has 0 unspecified atom stereocenters. The van der Waals surface area contributed by atoms with Crippen LogP contribution in [0.2, 0.25) is 0 Å². The van der Waals surface area contributed by atoms with E-state index in [9.17, 15) is 9.59 Å². The first-order valence-electron chi connectivity index (χ1n) is 10.9. The van der Waals surface area contributed by atoms with E-state index in [0.717, 1.165) is 11.1 Å². The number of fused-ring (bicyclic) bond motifs is 1. The molecular formula is C25H28N2O6. The fourth-order valence-electron chi connectivity index (χ4n) is 4.00. The van der Waals surface area contributed by atoms with Gasteiger partial charge in [0.15, 0.2) is 11.5 Å². The third-order valence-electron chi connectivity index (χ3n) is 5.77. The number of hydrogen-bond donors (Lipinski definition) is 2. The van der Waals surface area contributed by atoms with Gasteiger partial charge < -0.3 is 29.6 Å². The Balaban J connectivity index is 1.57. The van der Waals surface area contributed by atoms with Crippen molar-refractivity contribution in [2.24, 2.45) is 0 Å². The van der Waals surface area contributed by atoms with Gasteiger partial charge in [-0.1, -0.05) is 18.2 Å². The second-order valence-corrected chi connectivity index (χ2v) is 7.90. The highest BCUT2D eigenvalue weighted by Crippen LogP contribution is 2.35. The van der Waals surface area contributed by atoms with Crippen molar-refractivity contribution in [3.05, 3.63) is 59.7 Å². The van der Waals surface area contributed by atoms with Gasteiger partial charge in [-0.15, -0.1) is 0 Å². The van der Waals surface area contributed by atoms with Crippen molar-refractivity contribution < 1.29 is 28.5 Å². The summed E-state index contributed by atoms with van der Waals surface area (Å²) < 4.78 is 21.7. The summed E-state index contributed by atoms with van der Waals surface area (Å²) in [6, 6.07) is 10.7. The van der Waals surface area contributed by atoms with Gasteiger partial charge in [0.05, 0.1) is 26.3 Å². The summed E-state index contributed by atoms with van der Waals surface area (Å²) >= 11 is 0. The van der Waals surface area contributed by atoms with E-state index in [-0.39, 0.29) is 43.5 Å². The second-order valence-electron chi connectivity index (χ2n) is 7.90. The van der Waals surface area contributed by atoms with Crippen molar-refractivity contribution in [1.82, 2.24) is 10.6 Å². The molecule has 2 N–H and O–H groups in total. The molecule has 2 aromatic carbocycles. The molecule has 4 rings (SSSR count). The van der Waals surface area contributed by atoms with E-state index >= 15 is 0 Å². The molecule has 0 saturated heterocycles. The van der Waals surface area contributed by atoms with Gasteiger partial charge in [0.2, 0.25) is 18.6 Å². The Morgan fingerprint density at radius 2 is 1.52 bits per heavy atom. The van der Waals surface area contributed by atoms with Gasteiger partial charge in [0, 0.05) is 24.5 Å². The number of benzene rings is 2. The quantitative estimate of drug-likeness (QED) is 0.689. The number of amides is 2. The lowest BCUT2D eigenvalue weighted by Crippen LogP contribution is -2.32. The maximum Gasteiger partial charge on any atom is 0.231 e. The lowest BCUT2D eigenvalue weighted by Gasteiger charge is -2.22. The number of methoxy groups -OCH3 is 2. The van der Waals surface area contributed by atoms with E-state index in [1.54, 1.807) is 20.3 Å². The molecule has 174 valence electrons. The molecule has 2 aromatic rings.